The van der Waals surface area contributed by atoms with Crippen LogP contribution in [0, 0.1) is 0 Å². The summed E-state index contributed by atoms with van der Waals surface area (Å²) in [5.41, 5.74) is 1.13. The second-order valence-corrected chi connectivity index (χ2v) is 4.94. The molecule has 1 N–H and O–H groups in total. The normalized spacial score (nSPS) is 10.2. The van der Waals surface area contributed by atoms with Gasteiger partial charge in [0, 0.05) is 6.42 Å². The highest BCUT2D eigenvalue weighted by Crippen LogP contribution is 2.19. The summed E-state index contributed by atoms with van der Waals surface area (Å²) in [6.45, 7) is 1.06. The van der Waals surface area contributed by atoms with Gasteiger partial charge in [0.15, 0.2) is 0 Å². The maximum absolute atomic E-state index is 10.4. The molecule has 0 saturated heterocycles. The van der Waals surface area contributed by atoms with Crippen LogP contribution in [0.2, 0.25) is 0 Å². The van der Waals surface area contributed by atoms with E-state index >= 15 is 0 Å². The van der Waals surface area contributed by atoms with Gasteiger partial charge in [-0.25, -0.2) is 0 Å². The van der Waals surface area contributed by atoms with Crippen LogP contribution in [0.4, 0.5) is 0 Å². The first-order chi connectivity index (χ1) is 10.7. The Morgan fingerprint density at radius 2 is 1.50 bits per heavy atom. The van der Waals surface area contributed by atoms with Crippen molar-refractivity contribution in [2.45, 2.75) is 25.9 Å². The van der Waals surface area contributed by atoms with Crippen molar-refractivity contribution in [3.05, 3.63) is 60.2 Å². The highest BCUT2D eigenvalue weighted by Gasteiger charge is 1.99. The van der Waals surface area contributed by atoms with Crippen LogP contribution >= 0.6 is 0 Å². The topological polar surface area (TPSA) is 55.8 Å². The molecule has 0 aromatic heterocycles. The maximum atomic E-state index is 10.4. The number of rotatable bonds is 9. The number of hydrogen-bond acceptors (Lipinski definition) is 3. The van der Waals surface area contributed by atoms with Crippen LogP contribution in [0.15, 0.2) is 54.6 Å². The molecular weight excluding hydrogens is 280 g/mol. The standard InChI is InChI=1S/C18H20O4/c19-18(20)8-4-5-13-21-16-9-11-17(12-10-16)22-14-15-6-2-1-3-7-15/h1-3,6-7,9-12H,4-5,8,13-14H2,(H,19,20). The van der Waals surface area contributed by atoms with Gasteiger partial charge in [0.2, 0.25) is 0 Å². The Balaban J connectivity index is 1.70. The van der Waals surface area contributed by atoms with Crippen molar-refractivity contribution in [3.8, 4) is 11.5 Å². The van der Waals surface area contributed by atoms with Gasteiger partial charge in [0.25, 0.3) is 0 Å². The van der Waals surface area contributed by atoms with Gasteiger partial charge >= 0.3 is 5.97 Å². The van der Waals surface area contributed by atoms with Crippen LogP contribution in [0.5, 0.6) is 11.5 Å². The monoisotopic (exact) mass is 300 g/mol. The predicted octanol–water partition coefficient (Wildman–Crippen LogP) is 3.90. The highest BCUT2D eigenvalue weighted by molar-refractivity contribution is 5.66. The minimum Gasteiger partial charge on any atom is -0.494 e. The van der Waals surface area contributed by atoms with Gasteiger partial charge in [-0.05, 0) is 42.7 Å². The summed E-state index contributed by atoms with van der Waals surface area (Å²) in [7, 11) is 0. The quantitative estimate of drug-likeness (QED) is 0.714. The van der Waals surface area contributed by atoms with Crippen molar-refractivity contribution in [1.82, 2.24) is 0 Å². The first-order valence-electron chi connectivity index (χ1n) is 7.35. The van der Waals surface area contributed by atoms with E-state index < -0.39 is 5.97 Å². The Morgan fingerprint density at radius 3 is 2.14 bits per heavy atom. The van der Waals surface area contributed by atoms with Gasteiger partial charge in [-0.3, -0.25) is 4.79 Å². The Kier molecular flexibility index (Phi) is 6.30. The first-order valence-corrected chi connectivity index (χ1v) is 7.35. The van der Waals surface area contributed by atoms with E-state index in [1.807, 2.05) is 54.6 Å². The van der Waals surface area contributed by atoms with E-state index in [2.05, 4.69) is 0 Å². The van der Waals surface area contributed by atoms with Crippen molar-refractivity contribution in [2.24, 2.45) is 0 Å². The van der Waals surface area contributed by atoms with Crippen molar-refractivity contribution in [3.63, 3.8) is 0 Å². The minimum absolute atomic E-state index is 0.190. The van der Waals surface area contributed by atoms with Crippen LogP contribution in [0.1, 0.15) is 24.8 Å². The summed E-state index contributed by atoms with van der Waals surface area (Å²) >= 11 is 0. The molecule has 0 amide bonds. The van der Waals surface area contributed by atoms with E-state index in [-0.39, 0.29) is 6.42 Å². The molecular formula is C18H20O4. The average molecular weight is 300 g/mol. The van der Waals surface area contributed by atoms with Crippen LogP contribution < -0.4 is 9.47 Å². The second-order valence-electron chi connectivity index (χ2n) is 4.94. The first kappa shape index (κ1) is 15.9. The minimum atomic E-state index is -0.764. The molecule has 0 aliphatic carbocycles. The molecule has 0 aliphatic rings. The molecule has 4 nitrogen and oxygen atoms in total. The third-order valence-corrected chi connectivity index (χ3v) is 3.13. The molecule has 0 unspecified atom stereocenters. The molecule has 0 radical (unpaired) electrons. The lowest BCUT2D eigenvalue weighted by atomic mass is 10.2. The lowest BCUT2D eigenvalue weighted by molar-refractivity contribution is -0.137. The molecule has 0 saturated carbocycles. The van der Waals surface area contributed by atoms with E-state index in [9.17, 15) is 4.79 Å². The molecule has 2 rings (SSSR count). The molecule has 0 atom stereocenters. The summed E-state index contributed by atoms with van der Waals surface area (Å²) in [6.07, 6.45) is 1.56. The van der Waals surface area contributed by atoms with Gasteiger partial charge in [-0.1, -0.05) is 30.3 Å². The Hall–Kier alpha value is -2.49. The average Bonchev–Trinajstić information content (AvgIpc) is 2.54. The summed E-state index contributed by atoms with van der Waals surface area (Å²) < 4.78 is 11.3. The van der Waals surface area contributed by atoms with Crippen molar-refractivity contribution in [2.75, 3.05) is 6.61 Å². The fourth-order valence-electron chi connectivity index (χ4n) is 1.94. The summed E-state index contributed by atoms with van der Waals surface area (Å²) in [6, 6.07) is 17.5. The van der Waals surface area contributed by atoms with Gasteiger partial charge in [-0.15, -0.1) is 0 Å². The number of benzene rings is 2. The number of aliphatic carboxylic acids is 1. The molecule has 0 aliphatic heterocycles. The van der Waals surface area contributed by atoms with Crippen LogP contribution in [-0.4, -0.2) is 17.7 Å². The zero-order valence-electron chi connectivity index (χ0n) is 12.4. The van der Waals surface area contributed by atoms with Crippen LogP contribution in [-0.2, 0) is 11.4 Å². The predicted molar refractivity (Wildman–Crippen MR) is 84.2 cm³/mol. The Bertz CT molecular complexity index is 563. The number of carboxylic acids is 1. The summed E-state index contributed by atoms with van der Waals surface area (Å²) in [4.78, 5) is 10.4. The fraction of sp³-hybridized carbons (Fsp3) is 0.278. The zero-order valence-corrected chi connectivity index (χ0v) is 12.4. The third-order valence-electron chi connectivity index (χ3n) is 3.13. The second kappa shape index (κ2) is 8.72. The van der Waals surface area contributed by atoms with Crippen molar-refractivity contribution >= 4 is 5.97 Å². The molecule has 2 aromatic carbocycles. The number of ether oxygens (including phenoxy) is 2. The lowest BCUT2D eigenvalue weighted by Crippen LogP contribution is -2.00. The van der Waals surface area contributed by atoms with Crippen LogP contribution in [0.25, 0.3) is 0 Å². The fourth-order valence-corrected chi connectivity index (χ4v) is 1.94. The summed E-state index contributed by atoms with van der Waals surface area (Å²) in [5.74, 6) is 0.796. The van der Waals surface area contributed by atoms with Crippen molar-refractivity contribution < 1.29 is 19.4 Å². The molecule has 2 aromatic rings. The van der Waals surface area contributed by atoms with Gasteiger partial charge in [0.1, 0.15) is 18.1 Å². The number of hydrogen-bond donors (Lipinski definition) is 1. The van der Waals surface area contributed by atoms with Gasteiger partial charge in [-0.2, -0.15) is 0 Å². The molecule has 0 spiro atoms. The van der Waals surface area contributed by atoms with E-state index in [1.54, 1.807) is 0 Å². The molecule has 22 heavy (non-hydrogen) atoms. The maximum Gasteiger partial charge on any atom is 0.303 e. The molecule has 116 valence electrons. The van der Waals surface area contributed by atoms with E-state index in [0.29, 0.717) is 19.6 Å². The Labute approximate surface area is 130 Å². The molecule has 0 fully saturated rings. The largest absolute Gasteiger partial charge is 0.494 e. The molecule has 0 bridgehead atoms. The highest BCUT2D eigenvalue weighted by atomic mass is 16.5. The van der Waals surface area contributed by atoms with E-state index in [0.717, 1.165) is 23.5 Å². The van der Waals surface area contributed by atoms with Crippen LogP contribution in [0.3, 0.4) is 0 Å². The number of carboxylic acid groups (broad SMARTS) is 1. The number of unbranched alkanes of at least 4 members (excludes halogenated alkanes) is 1. The van der Waals surface area contributed by atoms with E-state index in [4.69, 9.17) is 14.6 Å². The summed E-state index contributed by atoms with van der Waals surface area (Å²) in [5, 5.41) is 8.54. The van der Waals surface area contributed by atoms with Gasteiger partial charge < -0.3 is 14.6 Å². The smallest absolute Gasteiger partial charge is 0.303 e. The number of carbonyl (C=O) groups is 1. The Morgan fingerprint density at radius 1 is 0.864 bits per heavy atom. The zero-order chi connectivity index (χ0) is 15.6. The van der Waals surface area contributed by atoms with E-state index in [1.165, 1.54) is 0 Å². The van der Waals surface area contributed by atoms with Gasteiger partial charge in [0.05, 0.1) is 6.61 Å². The van der Waals surface area contributed by atoms with Crippen molar-refractivity contribution in [1.29, 1.82) is 0 Å². The molecule has 4 heteroatoms. The third kappa shape index (κ3) is 5.87. The molecule has 0 heterocycles. The lowest BCUT2D eigenvalue weighted by Gasteiger charge is -2.08. The SMILES string of the molecule is O=C(O)CCCCOc1ccc(OCc2ccccc2)cc1.